The lowest BCUT2D eigenvalue weighted by atomic mass is 10.1. The molecule has 0 bridgehead atoms. The van der Waals surface area contributed by atoms with Crippen molar-refractivity contribution in [3.8, 4) is 0 Å². The van der Waals surface area contributed by atoms with Gasteiger partial charge in [-0.2, -0.15) is 0 Å². The standard InChI is InChI=1S/C13H15FN2O2S2/c1-2-5-11(12-7-4-9-19-12)16-20(17,18)13-10(14)6-3-8-15-13/h3-4,6-9,11,16H,2,5H2,1H3. The molecule has 2 rings (SSSR count). The van der Waals surface area contributed by atoms with Gasteiger partial charge >= 0.3 is 0 Å². The molecule has 0 aliphatic rings. The molecule has 0 saturated carbocycles. The quantitative estimate of drug-likeness (QED) is 0.891. The molecular weight excluding hydrogens is 299 g/mol. The Hall–Kier alpha value is -1.31. The Kier molecular flexibility index (Phi) is 4.85. The maximum absolute atomic E-state index is 13.6. The molecule has 0 aliphatic heterocycles. The molecular formula is C13H15FN2O2S2. The summed E-state index contributed by atoms with van der Waals surface area (Å²) < 4.78 is 40.6. The predicted molar refractivity (Wildman–Crippen MR) is 76.5 cm³/mol. The smallest absolute Gasteiger partial charge is 0.241 e. The van der Waals surface area contributed by atoms with Gasteiger partial charge in [0, 0.05) is 11.1 Å². The number of hydrogen-bond acceptors (Lipinski definition) is 4. The van der Waals surface area contributed by atoms with Crippen molar-refractivity contribution in [1.29, 1.82) is 0 Å². The summed E-state index contributed by atoms with van der Waals surface area (Å²) in [6.07, 6.45) is 2.72. The molecule has 0 fully saturated rings. The minimum atomic E-state index is -3.97. The van der Waals surface area contributed by atoms with Crippen LogP contribution in [0.5, 0.6) is 0 Å². The maximum atomic E-state index is 13.6. The Labute approximate surface area is 121 Å². The van der Waals surface area contributed by atoms with Crippen LogP contribution in [0, 0.1) is 5.82 Å². The van der Waals surface area contributed by atoms with Crippen LogP contribution in [0.1, 0.15) is 30.7 Å². The lowest BCUT2D eigenvalue weighted by molar-refractivity contribution is 0.520. The fourth-order valence-electron chi connectivity index (χ4n) is 1.85. The summed E-state index contributed by atoms with van der Waals surface area (Å²) in [7, 11) is -3.97. The number of pyridine rings is 1. The number of halogens is 1. The highest BCUT2D eigenvalue weighted by Gasteiger charge is 2.25. The lowest BCUT2D eigenvalue weighted by Crippen LogP contribution is -2.29. The normalized spacial score (nSPS) is 13.3. The van der Waals surface area contributed by atoms with E-state index in [-0.39, 0.29) is 6.04 Å². The third-order valence-corrected chi connectivity index (χ3v) is 5.13. The van der Waals surface area contributed by atoms with Gasteiger partial charge in [-0.25, -0.2) is 22.5 Å². The predicted octanol–water partition coefficient (Wildman–Crippen LogP) is 3.10. The Morgan fingerprint density at radius 3 is 2.80 bits per heavy atom. The summed E-state index contributed by atoms with van der Waals surface area (Å²) in [6.45, 7) is 1.97. The molecule has 1 atom stereocenters. The largest absolute Gasteiger partial charge is 0.261 e. The number of thiophene rings is 1. The van der Waals surface area contributed by atoms with Crippen LogP contribution >= 0.6 is 11.3 Å². The first kappa shape index (κ1) is 15.1. The van der Waals surface area contributed by atoms with Crippen LogP contribution in [0.4, 0.5) is 4.39 Å². The van der Waals surface area contributed by atoms with Gasteiger partial charge in [0.2, 0.25) is 5.03 Å². The number of hydrogen-bond donors (Lipinski definition) is 1. The molecule has 4 nitrogen and oxygen atoms in total. The Bertz CT molecular complexity index is 657. The Morgan fingerprint density at radius 1 is 1.40 bits per heavy atom. The van der Waals surface area contributed by atoms with Gasteiger partial charge < -0.3 is 0 Å². The molecule has 2 aromatic heterocycles. The van der Waals surface area contributed by atoms with Crippen LogP contribution in [0.3, 0.4) is 0 Å². The summed E-state index contributed by atoms with van der Waals surface area (Å²) in [4.78, 5) is 4.53. The molecule has 1 N–H and O–H groups in total. The van der Waals surface area contributed by atoms with Crippen LogP contribution in [0.25, 0.3) is 0 Å². The molecule has 2 heterocycles. The first-order chi connectivity index (χ1) is 9.54. The van der Waals surface area contributed by atoms with Crippen molar-refractivity contribution >= 4 is 21.4 Å². The van der Waals surface area contributed by atoms with Gasteiger partial charge in [0.25, 0.3) is 10.0 Å². The zero-order chi connectivity index (χ0) is 14.6. The average molecular weight is 314 g/mol. The second kappa shape index (κ2) is 6.43. The van der Waals surface area contributed by atoms with Crippen molar-refractivity contribution in [2.45, 2.75) is 30.8 Å². The zero-order valence-electron chi connectivity index (χ0n) is 10.9. The van der Waals surface area contributed by atoms with Crippen molar-refractivity contribution in [3.05, 3.63) is 46.5 Å². The molecule has 0 aromatic carbocycles. The molecule has 0 aliphatic carbocycles. The minimum Gasteiger partial charge on any atom is -0.241 e. The van der Waals surface area contributed by atoms with Gasteiger partial charge in [0.15, 0.2) is 5.82 Å². The first-order valence-electron chi connectivity index (χ1n) is 6.21. The van der Waals surface area contributed by atoms with Crippen molar-refractivity contribution in [2.75, 3.05) is 0 Å². The van der Waals surface area contributed by atoms with E-state index in [1.54, 1.807) is 0 Å². The number of nitrogens with one attached hydrogen (secondary N) is 1. The number of rotatable bonds is 6. The summed E-state index contributed by atoms with van der Waals surface area (Å²) >= 11 is 1.47. The van der Waals surface area contributed by atoms with Crippen molar-refractivity contribution < 1.29 is 12.8 Å². The van der Waals surface area contributed by atoms with Crippen molar-refractivity contribution in [3.63, 3.8) is 0 Å². The number of nitrogens with zero attached hydrogens (tertiary/aromatic N) is 1. The average Bonchev–Trinajstić information content (AvgIpc) is 2.92. The van der Waals surface area contributed by atoms with Crippen LogP contribution in [0.15, 0.2) is 40.9 Å². The number of sulfonamides is 1. The van der Waals surface area contributed by atoms with E-state index in [0.29, 0.717) is 6.42 Å². The van der Waals surface area contributed by atoms with Gasteiger partial charge in [-0.1, -0.05) is 19.4 Å². The molecule has 108 valence electrons. The fraction of sp³-hybridized carbons (Fsp3) is 0.308. The maximum Gasteiger partial charge on any atom is 0.261 e. The van der Waals surface area contributed by atoms with E-state index in [2.05, 4.69) is 9.71 Å². The fourth-order valence-corrected chi connectivity index (χ4v) is 3.99. The molecule has 1 unspecified atom stereocenters. The Morgan fingerprint density at radius 2 is 2.20 bits per heavy atom. The van der Waals surface area contributed by atoms with E-state index in [0.717, 1.165) is 17.4 Å². The highest BCUT2D eigenvalue weighted by molar-refractivity contribution is 7.89. The molecule has 0 spiro atoms. The molecule has 7 heteroatoms. The van der Waals surface area contributed by atoms with E-state index < -0.39 is 20.9 Å². The molecule has 0 radical (unpaired) electrons. The van der Waals surface area contributed by atoms with Crippen molar-refractivity contribution in [2.24, 2.45) is 0 Å². The summed E-state index contributed by atoms with van der Waals surface area (Å²) in [5, 5.41) is 1.32. The highest BCUT2D eigenvalue weighted by atomic mass is 32.2. The monoisotopic (exact) mass is 314 g/mol. The van der Waals surface area contributed by atoms with E-state index >= 15 is 0 Å². The van der Waals surface area contributed by atoms with Gasteiger partial charge in [-0.3, -0.25) is 0 Å². The van der Waals surface area contributed by atoms with Crippen LogP contribution in [0.2, 0.25) is 0 Å². The van der Waals surface area contributed by atoms with Crippen LogP contribution in [-0.2, 0) is 10.0 Å². The SMILES string of the molecule is CCCC(NS(=O)(=O)c1ncccc1F)c1cccs1. The van der Waals surface area contributed by atoms with Crippen LogP contribution in [-0.4, -0.2) is 13.4 Å². The molecule has 2 aromatic rings. The van der Waals surface area contributed by atoms with E-state index in [1.807, 2.05) is 24.4 Å². The minimum absolute atomic E-state index is 0.355. The topological polar surface area (TPSA) is 59.1 Å². The molecule has 20 heavy (non-hydrogen) atoms. The number of aromatic nitrogens is 1. The second-order valence-corrected chi connectivity index (χ2v) is 6.88. The lowest BCUT2D eigenvalue weighted by Gasteiger charge is -2.16. The van der Waals surface area contributed by atoms with Crippen LogP contribution < -0.4 is 4.72 Å². The van der Waals surface area contributed by atoms with Gasteiger partial charge in [0.05, 0.1) is 6.04 Å². The zero-order valence-corrected chi connectivity index (χ0v) is 12.5. The second-order valence-electron chi connectivity index (χ2n) is 4.27. The summed E-state index contributed by atoms with van der Waals surface area (Å²) in [5.41, 5.74) is 0. The van der Waals surface area contributed by atoms with E-state index in [4.69, 9.17) is 0 Å². The van der Waals surface area contributed by atoms with E-state index in [9.17, 15) is 12.8 Å². The highest BCUT2D eigenvalue weighted by Crippen LogP contribution is 2.25. The molecule has 0 amide bonds. The van der Waals surface area contributed by atoms with E-state index in [1.165, 1.54) is 23.6 Å². The first-order valence-corrected chi connectivity index (χ1v) is 8.57. The third-order valence-electron chi connectivity index (χ3n) is 2.74. The summed E-state index contributed by atoms with van der Waals surface area (Å²) in [6, 6.07) is 5.81. The summed E-state index contributed by atoms with van der Waals surface area (Å²) in [5.74, 6) is -0.846. The van der Waals surface area contributed by atoms with Gasteiger partial charge in [-0.15, -0.1) is 11.3 Å². The third kappa shape index (κ3) is 3.41. The molecule has 0 saturated heterocycles. The van der Waals surface area contributed by atoms with Crippen molar-refractivity contribution in [1.82, 2.24) is 9.71 Å². The van der Waals surface area contributed by atoms with Gasteiger partial charge in [-0.05, 0) is 30.0 Å². The van der Waals surface area contributed by atoms with Gasteiger partial charge in [0.1, 0.15) is 0 Å². The Balaban J connectivity index is 2.28.